The second-order valence-electron chi connectivity index (χ2n) is 6.96. The Labute approximate surface area is 137 Å². The molecule has 0 bridgehead atoms. The summed E-state index contributed by atoms with van der Waals surface area (Å²) in [4.78, 5) is 11.8. The molecule has 0 radical (unpaired) electrons. The van der Waals surface area contributed by atoms with Crippen molar-refractivity contribution in [2.45, 2.75) is 91.8 Å². The van der Waals surface area contributed by atoms with Crippen LogP contribution in [0.25, 0.3) is 0 Å². The molecule has 0 saturated heterocycles. The highest BCUT2D eigenvalue weighted by molar-refractivity contribution is 5.71. The Balaban J connectivity index is 3.69. The molecule has 130 valence electrons. The van der Waals surface area contributed by atoms with Gasteiger partial charge in [-0.2, -0.15) is 0 Å². The average Bonchev–Trinajstić information content (AvgIpc) is 2.41. The minimum absolute atomic E-state index is 0.00909. The summed E-state index contributed by atoms with van der Waals surface area (Å²) >= 11 is 0. The van der Waals surface area contributed by atoms with E-state index < -0.39 is 0 Å². The summed E-state index contributed by atoms with van der Waals surface area (Å²) in [6.45, 7) is 10.2. The number of carbonyl (C=O) groups is 1. The van der Waals surface area contributed by atoms with Crippen molar-refractivity contribution in [3.63, 3.8) is 0 Å². The van der Waals surface area contributed by atoms with Crippen molar-refractivity contribution in [3.05, 3.63) is 12.2 Å². The maximum absolute atomic E-state index is 11.8. The van der Waals surface area contributed by atoms with Crippen molar-refractivity contribution >= 4 is 5.97 Å². The SMILES string of the molecule is CC(C)C(OC(=O)C/C=C\CCCCCC[C@H](C)O)C(C)C. The minimum atomic E-state index is -0.175. The van der Waals surface area contributed by atoms with E-state index in [0.29, 0.717) is 18.3 Å². The van der Waals surface area contributed by atoms with Crippen LogP contribution in [0.1, 0.15) is 79.6 Å². The number of allylic oxidation sites excluding steroid dienone is 1. The Hall–Kier alpha value is -0.830. The molecule has 1 atom stereocenters. The van der Waals surface area contributed by atoms with Crippen LogP contribution >= 0.6 is 0 Å². The van der Waals surface area contributed by atoms with Crippen LogP contribution in [0.4, 0.5) is 0 Å². The van der Waals surface area contributed by atoms with Gasteiger partial charge in [-0.3, -0.25) is 4.79 Å². The molecule has 0 rings (SSSR count). The molecule has 0 amide bonds. The van der Waals surface area contributed by atoms with Crippen molar-refractivity contribution in [3.8, 4) is 0 Å². The molecule has 0 aliphatic heterocycles. The maximum Gasteiger partial charge on any atom is 0.309 e. The molecule has 0 aromatic heterocycles. The van der Waals surface area contributed by atoms with Crippen LogP contribution in [-0.4, -0.2) is 23.3 Å². The molecule has 1 N–H and O–H groups in total. The predicted octanol–water partition coefficient (Wildman–Crippen LogP) is 4.88. The highest BCUT2D eigenvalue weighted by Gasteiger charge is 2.21. The topological polar surface area (TPSA) is 46.5 Å². The summed E-state index contributed by atoms with van der Waals surface area (Å²) in [5.41, 5.74) is 0. The number of aliphatic hydroxyl groups excluding tert-OH is 1. The third-order valence-electron chi connectivity index (χ3n) is 3.78. The van der Waals surface area contributed by atoms with Gasteiger partial charge in [0.2, 0.25) is 0 Å². The van der Waals surface area contributed by atoms with Gasteiger partial charge in [-0.25, -0.2) is 0 Å². The third kappa shape index (κ3) is 11.8. The fraction of sp³-hybridized carbons (Fsp3) is 0.842. The van der Waals surface area contributed by atoms with Gasteiger partial charge in [0, 0.05) is 0 Å². The van der Waals surface area contributed by atoms with E-state index in [0.717, 1.165) is 25.7 Å². The van der Waals surface area contributed by atoms with E-state index in [1.165, 1.54) is 12.8 Å². The van der Waals surface area contributed by atoms with Crippen molar-refractivity contribution in [2.24, 2.45) is 11.8 Å². The summed E-state index contributed by atoms with van der Waals surface area (Å²) in [5, 5.41) is 9.15. The van der Waals surface area contributed by atoms with Crippen molar-refractivity contribution < 1.29 is 14.6 Å². The Kier molecular flexibility index (Phi) is 12.2. The van der Waals surface area contributed by atoms with Gasteiger partial charge < -0.3 is 9.84 Å². The van der Waals surface area contributed by atoms with Crippen LogP contribution in [0.3, 0.4) is 0 Å². The number of hydrogen-bond acceptors (Lipinski definition) is 3. The Morgan fingerprint density at radius 2 is 1.55 bits per heavy atom. The fourth-order valence-electron chi connectivity index (χ4n) is 2.59. The highest BCUT2D eigenvalue weighted by atomic mass is 16.5. The first kappa shape index (κ1) is 21.2. The Morgan fingerprint density at radius 1 is 0.955 bits per heavy atom. The molecule has 0 aromatic rings. The van der Waals surface area contributed by atoms with E-state index in [2.05, 4.69) is 33.8 Å². The van der Waals surface area contributed by atoms with Gasteiger partial charge in [0.25, 0.3) is 0 Å². The van der Waals surface area contributed by atoms with Gasteiger partial charge in [0.1, 0.15) is 6.10 Å². The van der Waals surface area contributed by atoms with Gasteiger partial charge in [-0.05, 0) is 38.0 Å². The number of hydrogen-bond donors (Lipinski definition) is 1. The molecule has 0 aliphatic rings. The number of unbranched alkanes of at least 4 members (excludes halogenated alkanes) is 4. The lowest BCUT2D eigenvalue weighted by Gasteiger charge is -2.24. The van der Waals surface area contributed by atoms with E-state index in [4.69, 9.17) is 9.84 Å². The predicted molar refractivity (Wildman–Crippen MR) is 92.7 cm³/mol. The van der Waals surface area contributed by atoms with Gasteiger partial charge in [-0.1, -0.05) is 59.1 Å². The van der Waals surface area contributed by atoms with Crippen LogP contribution in [0.2, 0.25) is 0 Å². The lowest BCUT2D eigenvalue weighted by molar-refractivity contribution is -0.152. The molecular formula is C19H36O3. The van der Waals surface area contributed by atoms with E-state index >= 15 is 0 Å². The van der Waals surface area contributed by atoms with Crippen LogP contribution < -0.4 is 0 Å². The quantitative estimate of drug-likeness (QED) is 0.317. The monoisotopic (exact) mass is 312 g/mol. The zero-order chi connectivity index (χ0) is 17.0. The summed E-state index contributed by atoms with van der Waals surface area (Å²) in [5.74, 6) is 0.588. The second-order valence-corrected chi connectivity index (χ2v) is 6.96. The largest absolute Gasteiger partial charge is 0.462 e. The van der Waals surface area contributed by atoms with Crippen molar-refractivity contribution in [1.82, 2.24) is 0 Å². The molecule has 0 fully saturated rings. The number of ether oxygens (including phenoxy) is 1. The molecule has 22 heavy (non-hydrogen) atoms. The molecule has 0 spiro atoms. The molecule has 3 nitrogen and oxygen atoms in total. The zero-order valence-electron chi connectivity index (χ0n) is 15.2. The standard InChI is InChI=1S/C19H36O3/c1-15(2)19(16(3)4)22-18(21)14-12-10-8-6-7-9-11-13-17(5)20/h10,12,15-17,19-20H,6-9,11,13-14H2,1-5H3/b12-10-/t17-/m0/s1. The maximum atomic E-state index is 11.8. The van der Waals surface area contributed by atoms with Crippen molar-refractivity contribution in [2.75, 3.05) is 0 Å². The van der Waals surface area contributed by atoms with E-state index in [-0.39, 0.29) is 18.2 Å². The smallest absolute Gasteiger partial charge is 0.309 e. The van der Waals surface area contributed by atoms with Gasteiger partial charge in [0.05, 0.1) is 12.5 Å². The van der Waals surface area contributed by atoms with Crippen LogP contribution in [0.5, 0.6) is 0 Å². The van der Waals surface area contributed by atoms with Crippen LogP contribution in [0, 0.1) is 11.8 Å². The molecule has 3 heteroatoms. The molecule has 0 unspecified atom stereocenters. The summed E-state index contributed by atoms with van der Waals surface area (Å²) in [7, 11) is 0. The van der Waals surface area contributed by atoms with Crippen molar-refractivity contribution in [1.29, 1.82) is 0 Å². The van der Waals surface area contributed by atoms with Crippen LogP contribution in [0.15, 0.2) is 12.2 Å². The number of esters is 1. The number of carbonyl (C=O) groups excluding carboxylic acids is 1. The zero-order valence-corrected chi connectivity index (χ0v) is 15.2. The fourth-order valence-corrected chi connectivity index (χ4v) is 2.59. The minimum Gasteiger partial charge on any atom is -0.462 e. The Bertz CT molecular complexity index is 298. The highest BCUT2D eigenvalue weighted by Crippen LogP contribution is 2.17. The first-order valence-corrected chi connectivity index (χ1v) is 8.87. The van der Waals surface area contributed by atoms with Gasteiger partial charge >= 0.3 is 5.97 Å². The van der Waals surface area contributed by atoms with E-state index in [1.807, 2.05) is 13.0 Å². The number of aliphatic hydroxyl groups is 1. The lowest BCUT2D eigenvalue weighted by atomic mass is 9.96. The second kappa shape index (κ2) is 12.7. The first-order chi connectivity index (χ1) is 10.3. The summed E-state index contributed by atoms with van der Waals surface area (Å²) in [6.07, 6.45) is 10.7. The summed E-state index contributed by atoms with van der Waals surface area (Å²) in [6, 6.07) is 0. The van der Waals surface area contributed by atoms with E-state index in [1.54, 1.807) is 0 Å². The molecule has 0 aliphatic carbocycles. The van der Waals surface area contributed by atoms with Gasteiger partial charge in [0.15, 0.2) is 0 Å². The first-order valence-electron chi connectivity index (χ1n) is 8.87. The average molecular weight is 312 g/mol. The number of rotatable bonds is 12. The lowest BCUT2D eigenvalue weighted by Crippen LogP contribution is -2.28. The molecule has 0 heterocycles. The molecule has 0 aromatic carbocycles. The van der Waals surface area contributed by atoms with Crippen LogP contribution in [-0.2, 0) is 9.53 Å². The van der Waals surface area contributed by atoms with Gasteiger partial charge in [-0.15, -0.1) is 0 Å². The molecular weight excluding hydrogens is 276 g/mol. The summed E-state index contributed by atoms with van der Waals surface area (Å²) < 4.78 is 5.54. The normalized spacial score (nSPS) is 13.5. The molecule has 0 saturated carbocycles. The Morgan fingerprint density at radius 3 is 2.09 bits per heavy atom. The third-order valence-corrected chi connectivity index (χ3v) is 3.78. The van der Waals surface area contributed by atoms with E-state index in [9.17, 15) is 4.79 Å².